The van der Waals surface area contributed by atoms with Crippen LogP contribution in [0.25, 0.3) is 16.7 Å². The van der Waals surface area contributed by atoms with Crippen molar-refractivity contribution in [3.05, 3.63) is 41.6 Å². The molecule has 0 spiro atoms. The minimum absolute atomic E-state index is 0.000749. The summed E-state index contributed by atoms with van der Waals surface area (Å²) in [6.07, 6.45) is -2.13. The third-order valence-electron chi connectivity index (χ3n) is 7.11. The predicted molar refractivity (Wildman–Crippen MR) is 151 cm³/mol. The number of anilines is 2. The Bertz CT molecular complexity index is 1580. The van der Waals surface area contributed by atoms with Crippen LogP contribution in [0.2, 0.25) is 25.7 Å². The second kappa shape index (κ2) is 11.5. The van der Waals surface area contributed by atoms with Gasteiger partial charge in [-0.2, -0.15) is 32.8 Å². The van der Waals surface area contributed by atoms with E-state index in [0.717, 1.165) is 10.6 Å². The molecule has 1 amide bonds. The van der Waals surface area contributed by atoms with E-state index in [9.17, 15) is 22.4 Å². The van der Waals surface area contributed by atoms with Crippen LogP contribution >= 0.6 is 0 Å². The summed E-state index contributed by atoms with van der Waals surface area (Å²) in [5.74, 6) is -0.0314. The first kappa shape index (κ1) is 29.7. The minimum atomic E-state index is -4.69. The van der Waals surface area contributed by atoms with Gasteiger partial charge < -0.3 is 24.4 Å². The lowest BCUT2D eigenvalue weighted by Gasteiger charge is -2.37. The quantitative estimate of drug-likeness (QED) is 0.163. The van der Waals surface area contributed by atoms with Gasteiger partial charge in [0, 0.05) is 40.4 Å². The summed E-state index contributed by atoms with van der Waals surface area (Å²) in [6, 6.07) is 5.31. The topological polar surface area (TPSA) is 106 Å². The van der Waals surface area contributed by atoms with Gasteiger partial charge in [0.2, 0.25) is 11.9 Å². The van der Waals surface area contributed by atoms with Crippen LogP contribution in [0.1, 0.15) is 18.3 Å². The molecular formula is C26H32F4N9O2Si. The number of piperazine rings is 1. The fourth-order valence-corrected chi connectivity index (χ4v) is 5.54. The molecule has 4 heterocycles. The molecule has 1 aliphatic heterocycles. The molecule has 1 atom stereocenters. The van der Waals surface area contributed by atoms with Gasteiger partial charge in [0.15, 0.2) is 11.5 Å². The number of ether oxygens (including phenoxy) is 1. The Kier molecular flexibility index (Phi) is 8.11. The molecule has 1 aromatic carbocycles. The van der Waals surface area contributed by atoms with Crippen molar-refractivity contribution in [1.29, 1.82) is 0 Å². The Labute approximate surface area is 240 Å². The second-order valence-corrected chi connectivity index (χ2v) is 17.1. The van der Waals surface area contributed by atoms with Gasteiger partial charge in [0.25, 0.3) is 0 Å². The van der Waals surface area contributed by atoms with Crippen molar-refractivity contribution in [2.75, 3.05) is 36.5 Å². The number of nitrogens with zero attached hydrogens (tertiary/aromatic N) is 8. The molecule has 0 aliphatic carbocycles. The van der Waals surface area contributed by atoms with Crippen LogP contribution in [0.5, 0.6) is 0 Å². The highest BCUT2D eigenvalue weighted by molar-refractivity contribution is 6.76. The molecule has 225 valence electrons. The largest absolute Gasteiger partial charge is 0.421 e. The predicted octanol–water partition coefficient (Wildman–Crippen LogP) is 4.13. The van der Waals surface area contributed by atoms with Crippen LogP contribution in [0.3, 0.4) is 0 Å². The maximum absolute atomic E-state index is 14.7. The summed E-state index contributed by atoms with van der Waals surface area (Å²) < 4.78 is 64.9. The Morgan fingerprint density at radius 2 is 1.95 bits per heavy atom. The Morgan fingerprint density at radius 3 is 2.64 bits per heavy atom. The highest BCUT2D eigenvalue weighted by Gasteiger charge is 2.37. The fraction of sp³-hybridized carbons (Fsp3) is 0.500. The Balaban J connectivity index is 1.49. The van der Waals surface area contributed by atoms with Crippen molar-refractivity contribution in [1.82, 2.24) is 34.0 Å². The maximum Gasteiger partial charge on any atom is 0.421 e. The molecule has 1 saturated heterocycles. The molecular weight excluding hydrogens is 574 g/mol. The Morgan fingerprint density at radius 1 is 1.17 bits per heavy atom. The van der Waals surface area contributed by atoms with E-state index in [4.69, 9.17) is 4.74 Å². The standard InChI is InChI=1S/C26H32F4N9O2Si/c1-17-14-36(15-40)8-9-37(17)25-34-23-18(26(28,29)30)12-32-39(23)24(35-25)31-13-21-33-22-19(27)6-5-7-20(22)38(21)16-41-10-11-42(2,3)4/h5-7,12,17H,8-11,13-14,16H2,1-4H3,(H,31,34,35)/t17-/m0/s1. The van der Waals surface area contributed by atoms with Crippen LogP contribution in [0, 0.1) is 5.82 Å². The van der Waals surface area contributed by atoms with Gasteiger partial charge >= 0.3 is 12.6 Å². The highest BCUT2D eigenvalue weighted by atomic mass is 28.3. The average Bonchev–Trinajstić information content (AvgIpc) is 3.51. The van der Waals surface area contributed by atoms with Crippen molar-refractivity contribution >= 4 is 43.1 Å². The number of amides is 1. The molecule has 1 N–H and O–H groups in total. The highest BCUT2D eigenvalue weighted by Crippen LogP contribution is 2.33. The summed E-state index contributed by atoms with van der Waals surface area (Å²) >= 11 is 0. The van der Waals surface area contributed by atoms with E-state index in [-0.39, 0.29) is 36.7 Å². The summed E-state index contributed by atoms with van der Waals surface area (Å²) in [5.41, 5.74) is -0.730. The number of benzene rings is 1. The average molecular weight is 607 g/mol. The summed E-state index contributed by atoms with van der Waals surface area (Å²) in [7, 11) is -1.34. The van der Waals surface area contributed by atoms with Crippen LogP contribution in [0.15, 0.2) is 24.4 Å². The van der Waals surface area contributed by atoms with E-state index >= 15 is 0 Å². The van der Waals surface area contributed by atoms with Crippen LogP contribution in [-0.2, 0) is 29.0 Å². The smallest absolute Gasteiger partial charge is 0.361 e. The zero-order valence-electron chi connectivity index (χ0n) is 23.7. The normalized spacial score (nSPS) is 16.5. The van der Waals surface area contributed by atoms with Crippen LogP contribution < -0.4 is 10.2 Å². The molecule has 0 unspecified atom stereocenters. The van der Waals surface area contributed by atoms with Crippen molar-refractivity contribution in [2.24, 2.45) is 0 Å². The zero-order chi connectivity index (χ0) is 30.2. The van der Waals surface area contributed by atoms with Gasteiger partial charge in [0.1, 0.15) is 23.6 Å². The molecule has 16 heteroatoms. The first-order chi connectivity index (χ1) is 19.9. The number of fused-ring (bicyclic) bond motifs is 2. The van der Waals surface area contributed by atoms with Crippen molar-refractivity contribution in [3.8, 4) is 0 Å². The van der Waals surface area contributed by atoms with Crippen molar-refractivity contribution in [2.45, 2.75) is 58.1 Å². The number of rotatable bonds is 10. The first-order valence-electron chi connectivity index (χ1n) is 13.5. The van der Waals surface area contributed by atoms with Gasteiger partial charge in [-0.1, -0.05) is 25.7 Å². The van der Waals surface area contributed by atoms with E-state index < -0.39 is 31.3 Å². The molecule has 0 saturated carbocycles. The van der Waals surface area contributed by atoms with Crippen molar-refractivity contribution in [3.63, 3.8) is 0 Å². The molecule has 0 bridgehead atoms. The number of imidazole rings is 1. The molecule has 1 fully saturated rings. The van der Waals surface area contributed by atoms with E-state index in [1.807, 2.05) is 13.3 Å². The number of nitrogens with one attached hydrogen (secondary N) is 1. The summed E-state index contributed by atoms with van der Waals surface area (Å²) in [6.45, 7) is 10.2. The lowest BCUT2D eigenvalue weighted by Crippen LogP contribution is -2.52. The summed E-state index contributed by atoms with van der Waals surface area (Å²) in [4.78, 5) is 27.5. The molecule has 4 aromatic rings. The van der Waals surface area contributed by atoms with E-state index in [0.29, 0.717) is 43.8 Å². The summed E-state index contributed by atoms with van der Waals surface area (Å²) in [5, 5.41) is 6.96. The zero-order valence-corrected chi connectivity index (χ0v) is 24.7. The van der Waals surface area contributed by atoms with Gasteiger partial charge in [0.05, 0.1) is 18.3 Å². The molecule has 1 radical (unpaired) electrons. The number of alkyl halides is 3. The number of aromatic nitrogens is 6. The maximum atomic E-state index is 14.7. The third kappa shape index (κ3) is 6.18. The molecule has 5 rings (SSSR count). The van der Waals surface area contributed by atoms with Gasteiger partial charge in [-0.25, -0.2) is 9.37 Å². The van der Waals surface area contributed by atoms with E-state index in [1.165, 1.54) is 11.0 Å². The van der Waals surface area contributed by atoms with Gasteiger partial charge in [-0.3, -0.25) is 4.79 Å². The number of hydrogen-bond donors (Lipinski definition) is 1. The first-order valence-corrected chi connectivity index (χ1v) is 17.2. The molecule has 1 aliphatic rings. The minimum Gasteiger partial charge on any atom is -0.361 e. The van der Waals surface area contributed by atoms with E-state index in [1.54, 1.807) is 21.6 Å². The third-order valence-corrected chi connectivity index (χ3v) is 8.81. The lowest BCUT2D eigenvalue weighted by atomic mass is 10.2. The lowest BCUT2D eigenvalue weighted by molar-refractivity contribution is -0.136. The van der Waals surface area contributed by atoms with Gasteiger partial charge in [-0.05, 0) is 25.1 Å². The Hall–Kier alpha value is -3.79. The number of carbonyl (C=O) groups excluding carboxylic acids is 1. The molecule has 11 nitrogen and oxygen atoms in total. The fourth-order valence-electron chi connectivity index (χ4n) is 4.78. The number of para-hydroxylation sites is 1. The monoisotopic (exact) mass is 606 g/mol. The van der Waals surface area contributed by atoms with Crippen molar-refractivity contribution < 1.29 is 27.1 Å². The van der Waals surface area contributed by atoms with Crippen LogP contribution in [0.4, 0.5) is 29.5 Å². The second-order valence-electron chi connectivity index (χ2n) is 11.5. The SMILES string of the molecule is C[C@H]1CN([C]=O)CCN1c1nc(NCc2nc3c(F)cccc3n2COCC[Si](C)(C)C)n2ncc(C(F)(F)F)c2n1. The number of hydrogen-bond acceptors (Lipinski definition) is 8. The molecule has 3 aromatic heterocycles. The van der Waals surface area contributed by atoms with E-state index in [2.05, 4.69) is 45.0 Å². The molecule has 42 heavy (non-hydrogen) atoms. The number of halogens is 4. The van der Waals surface area contributed by atoms with Crippen LogP contribution in [-0.4, -0.2) is 80.8 Å². The van der Waals surface area contributed by atoms with Gasteiger partial charge in [-0.15, -0.1) is 0 Å².